The van der Waals surface area contributed by atoms with Crippen LogP contribution in [0.3, 0.4) is 0 Å². The lowest BCUT2D eigenvalue weighted by Gasteiger charge is -2.37. The molecule has 1 saturated heterocycles. The van der Waals surface area contributed by atoms with E-state index in [2.05, 4.69) is 19.5 Å². The third-order valence-electron chi connectivity index (χ3n) is 5.10. The first-order chi connectivity index (χ1) is 14.1. The first kappa shape index (κ1) is 20.8. The molecular formula is C22H27N3O4. The minimum atomic E-state index is -0.442. The Morgan fingerprint density at radius 3 is 2.31 bits per heavy atom. The monoisotopic (exact) mass is 397 g/mol. The lowest BCUT2D eigenvalue weighted by Crippen LogP contribution is -2.48. The van der Waals surface area contributed by atoms with Crippen molar-refractivity contribution in [2.24, 2.45) is 5.92 Å². The van der Waals surface area contributed by atoms with Crippen molar-refractivity contribution < 1.29 is 19.1 Å². The lowest BCUT2D eigenvalue weighted by molar-refractivity contribution is -0.142. The third kappa shape index (κ3) is 5.77. The van der Waals surface area contributed by atoms with Gasteiger partial charge in [-0.25, -0.2) is 4.79 Å². The predicted molar refractivity (Wildman–Crippen MR) is 110 cm³/mol. The fraction of sp³-hybridized carbons (Fsp3) is 0.409. The summed E-state index contributed by atoms with van der Waals surface area (Å²) >= 11 is 0. The van der Waals surface area contributed by atoms with Crippen molar-refractivity contribution in [2.75, 3.05) is 51.3 Å². The Balaban J connectivity index is 1.47. The summed E-state index contributed by atoms with van der Waals surface area (Å²) in [5.41, 5.74) is 1.84. The fourth-order valence-corrected chi connectivity index (χ4v) is 3.41. The molecule has 1 atom stereocenters. The summed E-state index contributed by atoms with van der Waals surface area (Å²) in [5, 5.41) is 0. The van der Waals surface area contributed by atoms with E-state index < -0.39 is 5.97 Å². The van der Waals surface area contributed by atoms with Crippen molar-refractivity contribution in [2.45, 2.75) is 6.92 Å². The molecule has 0 saturated carbocycles. The van der Waals surface area contributed by atoms with E-state index in [1.165, 1.54) is 12.8 Å². The molecule has 154 valence electrons. The van der Waals surface area contributed by atoms with Gasteiger partial charge in [0.05, 0.1) is 7.11 Å². The maximum atomic E-state index is 12.8. The number of hydrogen-bond donors (Lipinski definition) is 0. The molecule has 7 heteroatoms. The molecule has 0 N–H and O–H groups in total. The van der Waals surface area contributed by atoms with Gasteiger partial charge in [0.1, 0.15) is 5.75 Å². The Bertz CT molecular complexity index is 803. The Morgan fingerprint density at radius 1 is 1.03 bits per heavy atom. The van der Waals surface area contributed by atoms with Gasteiger partial charge in [-0.05, 0) is 36.4 Å². The highest BCUT2D eigenvalue weighted by atomic mass is 16.6. The molecule has 2 aromatic rings. The van der Waals surface area contributed by atoms with Crippen molar-refractivity contribution in [3.8, 4) is 5.75 Å². The molecule has 1 aromatic heterocycles. The number of anilines is 1. The minimum absolute atomic E-state index is 0.0932. The van der Waals surface area contributed by atoms with Gasteiger partial charge in [-0.3, -0.25) is 14.7 Å². The van der Waals surface area contributed by atoms with Crippen LogP contribution in [0.5, 0.6) is 5.75 Å². The second-order valence-electron chi connectivity index (χ2n) is 7.15. The van der Waals surface area contributed by atoms with Crippen LogP contribution in [0.25, 0.3) is 0 Å². The third-order valence-corrected chi connectivity index (χ3v) is 5.10. The zero-order valence-electron chi connectivity index (χ0n) is 16.9. The zero-order valence-corrected chi connectivity index (χ0v) is 16.9. The normalized spacial score (nSPS) is 15.6. The van der Waals surface area contributed by atoms with Crippen molar-refractivity contribution in [1.29, 1.82) is 0 Å². The summed E-state index contributed by atoms with van der Waals surface area (Å²) in [5.74, 6) is 0.111. The molecular weight excluding hydrogens is 370 g/mol. The smallest absolute Gasteiger partial charge is 0.343 e. The van der Waals surface area contributed by atoms with Gasteiger partial charge in [0.25, 0.3) is 0 Å². The number of carbonyl (C=O) groups is 2. The SMILES string of the molecule is COC(=O)COc1ccc(C(=O)C(C)CN2CCN(c3ccncc3)CC2)cc1. The number of esters is 1. The molecule has 1 aliphatic rings. The first-order valence-corrected chi connectivity index (χ1v) is 9.78. The van der Waals surface area contributed by atoms with Crippen molar-refractivity contribution in [3.63, 3.8) is 0 Å². The molecule has 0 bridgehead atoms. The Labute approximate surface area is 171 Å². The number of piperazine rings is 1. The molecule has 1 fully saturated rings. The number of ether oxygens (including phenoxy) is 2. The molecule has 1 aliphatic heterocycles. The van der Waals surface area contributed by atoms with Gasteiger partial charge >= 0.3 is 5.97 Å². The summed E-state index contributed by atoms with van der Waals surface area (Å²) in [7, 11) is 1.31. The average molecular weight is 397 g/mol. The van der Waals surface area contributed by atoms with Gasteiger partial charge in [0.15, 0.2) is 12.4 Å². The van der Waals surface area contributed by atoms with E-state index in [9.17, 15) is 9.59 Å². The van der Waals surface area contributed by atoms with Crippen LogP contribution in [0.1, 0.15) is 17.3 Å². The predicted octanol–water partition coefficient (Wildman–Crippen LogP) is 2.27. The molecule has 3 rings (SSSR count). The largest absolute Gasteiger partial charge is 0.482 e. The van der Waals surface area contributed by atoms with Gasteiger partial charge in [-0.1, -0.05) is 6.92 Å². The van der Waals surface area contributed by atoms with Gasteiger partial charge in [-0.2, -0.15) is 0 Å². The van der Waals surface area contributed by atoms with Crippen LogP contribution < -0.4 is 9.64 Å². The molecule has 29 heavy (non-hydrogen) atoms. The van der Waals surface area contributed by atoms with E-state index >= 15 is 0 Å². The van der Waals surface area contributed by atoms with E-state index in [1.54, 1.807) is 24.3 Å². The average Bonchev–Trinajstić information content (AvgIpc) is 2.78. The van der Waals surface area contributed by atoms with E-state index in [0.717, 1.165) is 32.7 Å². The molecule has 2 heterocycles. The highest BCUT2D eigenvalue weighted by Crippen LogP contribution is 2.18. The Hall–Kier alpha value is -2.93. The van der Waals surface area contributed by atoms with Crippen molar-refractivity contribution in [1.82, 2.24) is 9.88 Å². The van der Waals surface area contributed by atoms with Gasteiger partial charge < -0.3 is 14.4 Å². The molecule has 0 amide bonds. The maximum Gasteiger partial charge on any atom is 0.343 e. The van der Waals surface area contributed by atoms with Crippen LogP contribution >= 0.6 is 0 Å². The topological polar surface area (TPSA) is 72.0 Å². The molecule has 0 spiro atoms. The van der Waals surface area contributed by atoms with Crippen LogP contribution in [-0.2, 0) is 9.53 Å². The van der Waals surface area contributed by atoms with Crippen molar-refractivity contribution >= 4 is 17.4 Å². The number of pyridine rings is 1. The summed E-state index contributed by atoms with van der Waals surface area (Å²) in [6.07, 6.45) is 3.63. The number of hydrogen-bond acceptors (Lipinski definition) is 7. The number of ketones is 1. The number of rotatable bonds is 8. The lowest BCUT2D eigenvalue weighted by atomic mass is 9.98. The zero-order chi connectivity index (χ0) is 20.6. The standard InChI is InChI=1S/C22H27N3O4/c1-17(15-24-11-13-25(14-12-24)19-7-9-23-10-8-19)22(27)18-3-5-20(6-4-18)29-16-21(26)28-2/h3-10,17H,11-16H2,1-2H3. The van der Waals surface area contributed by atoms with Crippen LogP contribution in [0.4, 0.5) is 5.69 Å². The Kier molecular flexibility index (Phi) is 7.19. The summed E-state index contributed by atoms with van der Waals surface area (Å²) in [6, 6.07) is 11.0. The summed E-state index contributed by atoms with van der Waals surface area (Å²) in [6.45, 7) is 6.31. The molecule has 1 aromatic carbocycles. The maximum absolute atomic E-state index is 12.8. The number of benzene rings is 1. The van der Waals surface area contributed by atoms with E-state index in [1.807, 2.05) is 31.5 Å². The number of Topliss-reactive ketones (excluding diaryl/α,β-unsaturated/α-hetero) is 1. The first-order valence-electron chi connectivity index (χ1n) is 9.78. The number of nitrogens with zero attached hydrogens (tertiary/aromatic N) is 3. The molecule has 7 nitrogen and oxygen atoms in total. The number of methoxy groups -OCH3 is 1. The van der Waals surface area contributed by atoms with E-state index in [4.69, 9.17) is 4.74 Å². The highest BCUT2D eigenvalue weighted by Gasteiger charge is 2.22. The highest BCUT2D eigenvalue weighted by molar-refractivity contribution is 5.97. The second-order valence-corrected chi connectivity index (χ2v) is 7.15. The fourth-order valence-electron chi connectivity index (χ4n) is 3.41. The minimum Gasteiger partial charge on any atom is -0.482 e. The molecule has 1 unspecified atom stereocenters. The quantitative estimate of drug-likeness (QED) is 0.500. The van der Waals surface area contributed by atoms with E-state index in [-0.39, 0.29) is 18.3 Å². The van der Waals surface area contributed by atoms with E-state index in [0.29, 0.717) is 11.3 Å². The summed E-state index contributed by atoms with van der Waals surface area (Å²) < 4.78 is 9.86. The molecule has 0 aliphatic carbocycles. The van der Waals surface area contributed by atoms with Gasteiger partial charge in [0, 0.05) is 62.3 Å². The number of aromatic nitrogens is 1. The Morgan fingerprint density at radius 2 is 1.69 bits per heavy atom. The van der Waals surface area contributed by atoms with Crippen LogP contribution in [0.2, 0.25) is 0 Å². The van der Waals surface area contributed by atoms with Crippen LogP contribution in [0.15, 0.2) is 48.8 Å². The van der Waals surface area contributed by atoms with Gasteiger partial charge in [0.2, 0.25) is 0 Å². The summed E-state index contributed by atoms with van der Waals surface area (Å²) in [4.78, 5) is 32.7. The molecule has 0 radical (unpaired) electrons. The van der Waals surface area contributed by atoms with Gasteiger partial charge in [-0.15, -0.1) is 0 Å². The van der Waals surface area contributed by atoms with Crippen LogP contribution in [-0.4, -0.2) is 68.1 Å². The number of carbonyl (C=O) groups excluding carboxylic acids is 2. The van der Waals surface area contributed by atoms with Crippen molar-refractivity contribution in [3.05, 3.63) is 54.4 Å². The second kappa shape index (κ2) is 10.0. The van der Waals surface area contributed by atoms with Crippen LogP contribution in [0, 0.1) is 5.92 Å².